The fourth-order valence-corrected chi connectivity index (χ4v) is 2.57. The van der Waals surface area contributed by atoms with Gasteiger partial charge in [-0.2, -0.15) is 0 Å². The van der Waals surface area contributed by atoms with Gasteiger partial charge in [-0.05, 0) is 25.3 Å². The summed E-state index contributed by atoms with van der Waals surface area (Å²) in [6, 6.07) is 1.58. The van der Waals surface area contributed by atoms with E-state index in [1.54, 1.807) is 25.4 Å². The summed E-state index contributed by atoms with van der Waals surface area (Å²) < 4.78 is 0. The van der Waals surface area contributed by atoms with Crippen LogP contribution >= 0.6 is 0 Å². The van der Waals surface area contributed by atoms with Crippen molar-refractivity contribution in [1.82, 2.24) is 25.3 Å². The third kappa shape index (κ3) is 5.18. The number of H-pyrrole nitrogens is 1. The summed E-state index contributed by atoms with van der Waals surface area (Å²) in [5, 5.41) is 2.88. The molecule has 8 nitrogen and oxygen atoms in total. The van der Waals surface area contributed by atoms with Crippen molar-refractivity contribution in [1.29, 1.82) is 0 Å². The molecule has 0 saturated heterocycles. The highest BCUT2D eigenvalue weighted by atomic mass is 16.2. The molecule has 0 saturated carbocycles. The number of aryl methyl sites for hydroxylation is 1. The number of carbonyl (C=O) groups is 1. The van der Waals surface area contributed by atoms with Crippen LogP contribution in [0.25, 0.3) is 11.6 Å². The molecule has 0 bridgehead atoms. The Morgan fingerprint density at radius 3 is 2.56 bits per heavy atom. The zero-order valence-corrected chi connectivity index (χ0v) is 14.7. The van der Waals surface area contributed by atoms with E-state index in [0.717, 1.165) is 6.42 Å². The van der Waals surface area contributed by atoms with Crippen molar-refractivity contribution >= 4 is 5.91 Å². The number of nitrogens with zero attached hydrogens (tertiary/aromatic N) is 3. The lowest BCUT2D eigenvalue weighted by Gasteiger charge is -2.19. The summed E-state index contributed by atoms with van der Waals surface area (Å²) >= 11 is 0. The summed E-state index contributed by atoms with van der Waals surface area (Å²) in [5.74, 6) is 0.798. The SMILES string of the molecule is Cc1nc(-c2ncccn2)[nH]c(=O)c1CC(=O)NC(CN)CC(C)C. The number of nitrogens with one attached hydrogen (secondary N) is 2. The molecule has 0 aliphatic carbocycles. The van der Waals surface area contributed by atoms with Crippen molar-refractivity contribution in [2.24, 2.45) is 11.7 Å². The second kappa shape index (κ2) is 8.48. The van der Waals surface area contributed by atoms with Gasteiger partial charge in [0.1, 0.15) is 0 Å². The maximum Gasteiger partial charge on any atom is 0.255 e. The van der Waals surface area contributed by atoms with E-state index in [-0.39, 0.29) is 29.8 Å². The highest BCUT2D eigenvalue weighted by Crippen LogP contribution is 2.09. The quantitative estimate of drug-likeness (QED) is 0.674. The molecule has 1 atom stereocenters. The molecule has 4 N–H and O–H groups in total. The van der Waals surface area contributed by atoms with Crippen molar-refractivity contribution in [3.63, 3.8) is 0 Å². The molecule has 2 aromatic heterocycles. The predicted molar refractivity (Wildman–Crippen MR) is 94.8 cm³/mol. The average Bonchev–Trinajstić information content (AvgIpc) is 2.57. The molecule has 1 amide bonds. The van der Waals surface area contributed by atoms with Crippen molar-refractivity contribution in [2.45, 2.75) is 39.7 Å². The van der Waals surface area contributed by atoms with E-state index in [1.165, 1.54) is 0 Å². The zero-order chi connectivity index (χ0) is 18.4. The van der Waals surface area contributed by atoms with Gasteiger partial charge >= 0.3 is 0 Å². The van der Waals surface area contributed by atoms with Gasteiger partial charge in [-0.25, -0.2) is 15.0 Å². The molecule has 8 heteroatoms. The summed E-state index contributed by atoms with van der Waals surface area (Å²) in [7, 11) is 0. The van der Waals surface area contributed by atoms with Crippen LogP contribution in [0.5, 0.6) is 0 Å². The first-order valence-corrected chi connectivity index (χ1v) is 8.27. The lowest BCUT2D eigenvalue weighted by Crippen LogP contribution is -2.42. The number of carbonyl (C=O) groups excluding carboxylic acids is 1. The Balaban J connectivity index is 2.15. The molecule has 0 aliphatic heterocycles. The Bertz CT molecular complexity index is 772. The van der Waals surface area contributed by atoms with E-state index < -0.39 is 0 Å². The number of aromatic nitrogens is 4. The Hall–Kier alpha value is -2.61. The van der Waals surface area contributed by atoms with Crippen LogP contribution in [0.2, 0.25) is 0 Å². The molecule has 0 aromatic carbocycles. The number of nitrogens with two attached hydrogens (primary N) is 1. The Morgan fingerprint density at radius 1 is 1.32 bits per heavy atom. The molecular weight excluding hydrogens is 320 g/mol. The summed E-state index contributed by atoms with van der Waals surface area (Å²) in [6.07, 6.45) is 3.89. The van der Waals surface area contributed by atoms with Crippen LogP contribution in [0, 0.1) is 12.8 Å². The smallest absolute Gasteiger partial charge is 0.255 e. The first kappa shape index (κ1) is 18.7. The van der Waals surface area contributed by atoms with Gasteiger partial charge in [-0.3, -0.25) is 9.59 Å². The first-order chi connectivity index (χ1) is 11.9. The molecule has 1 unspecified atom stereocenters. The van der Waals surface area contributed by atoms with Gasteiger partial charge in [0.2, 0.25) is 5.91 Å². The fraction of sp³-hybridized carbons (Fsp3) is 0.471. The van der Waals surface area contributed by atoms with Crippen molar-refractivity contribution in [2.75, 3.05) is 6.54 Å². The number of aromatic amines is 1. The third-order valence-corrected chi connectivity index (χ3v) is 3.74. The zero-order valence-electron chi connectivity index (χ0n) is 14.7. The molecular formula is C17H24N6O2. The van der Waals surface area contributed by atoms with Crippen LogP contribution < -0.4 is 16.6 Å². The minimum atomic E-state index is -0.363. The van der Waals surface area contributed by atoms with E-state index in [1.807, 2.05) is 0 Å². The van der Waals surface area contributed by atoms with Gasteiger partial charge in [-0.15, -0.1) is 0 Å². The monoisotopic (exact) mass is 344 g/mol. The van der Waals surface area contributed by atoms with E-state index in [0.29, 0.717) is 29.5 Å². The Kier molecular flexibility index (Phi) is 6.35. The van der Waals surface area contributed by atoms with Crippen molar-refractivity contribution in [3.05, 3.63) is 40.1 Å². The van der Waals surface area contributed by atoms with Gasteiger partial charge in [-0.1, -0.05) is 13.8 Å². The third-order valence-electron chi connectivity index (χ3n) is 3.74. The van der Waals surface area contributed by atoms with Crippen molar-refractivity contribution in [3.8, 4) is 11.6 Å². The molecule has 2 rings (SSSR count). The minimum absolute atomic E-state index is 0.0430. The second-order valence-corrected chi connectivity index (χ2v) is 6.36. The molecule has 0 radical (unpaired) electrons. The summed E-state index contributed by atoms with van der Waals surface area (Å²) in [4.78, 5) is 39.7. The van der Waals surface area contributed by atoms with Crippen LogP contribution in [-0.2, 0) is 11.2 Å². The normalized spacial score (nSPS) is 12.2. The van der Waals surface area contributed by atoms with Crippen LogP contribution in [-0.4, -0.2) is 38.4 Å². The van der Waals surface area contributed by atoms with E-state index >= 15 is 0 Å². The first-order valence-electron chi connectivity index (χ1n) is 8.27. The second-order valence-electron chi connectivity index (χ2n) is 6.36. The van der Waals surface area contributed by atoms with Crippen molar-refractivity contribution < 1.29 is 4.79 Å². The lowest BCUT2D eigenvalue weighted by atomic mass is 10.0. The number of hydrogen-bond acceptors (Lipinski definition) is 6. The minimum Gasteiger partial charge on any atom is -0.352 e. The van der Waals surface area contributed by atoms with Crippen LogP contribution in [0.3, 0.4) is 0 Å². The summed E-state index contributed by atoms with van der Waals surface area (Å²) in [5.41, 5.74) is 6.15. The number of rotatable bonds is 7. The topological polar surface area (TPSA) is 127 Å². The Morgan fingerprint density at radius 2 is 2.00 bits per heavy atom. The number of hydrogen-bond donors (Lipinski definition) is 3. The van der Waals surface area contributed by atoms with E-state index in [9.17, 15) is 9.59 Å². The maximum absolute atomic E-state index is 12.3. The Labute approximate surface area is 146 Å². The molecule has 134 valence electrons. The lowest BCUT2D eigenvalue weighted by molar-refractivity contribution is -0.121. The summed E-state index contributed by atoms with van der Waals surface area (Å²) in [6.45, 7) is 6.19. The molecule has 2 aromatic rings. The van der Waals surface area contributed by atoms with E-state index in [2.05, 4.69) is 39.1 Å². The highest BCUT2D eigenvalue weighted by molar-refractivity contribution is 5.79. The standard InChI is InChI=1S/C17H24N6O2/c1-10(2)7-12(9-18)22-14(24)8-13-11(3)21-16(23-17(13)25)15-19-5-4-6-20-15/h4-6,10,12H,7-9,18H2,1-3H3,(H,22,24)(H,21,23,25). The van der Waals surface area contributed by atoms with Gasteiger partial charge < -0.3 is 16.0 Å². The maximum atomic E-state index is 12.3. The van der Waals surface area contributed by atoms with Crippen LogP contribution in [0.1, 0.15) is 31.5 Å². The van der Waals surface area contributed by atoms with Gasteiger partial charge in [0.15, 0.2) is 11.6 Å². The largest absolute Gasteiger partial charge is 0.352 e. The molecule has 0 aliphatic rings. The highest BCUT2D eigenvalue weighted by Gasteiger charge is 2.17. The number of amides is 1. The molecule has 25 heavy (non-hydrogen) atoms. The van der Waals surface area contributed by atoms with Crippen LogP contribution in [0.4, 0.5) is 0 Å². The van der Waals surface area contributed by atoms with Gasteiger partial charge in [0.05, 0.1) is 6.42 Å². The van der Waals surface area contributed by atoms with Crippen LogP contribution in [0.15, 0.2) is 23.3 Å². The van der Waals surface area contributed by atoms with Gasteiger partial charge in [0.25, 0.3) is 5.56 Å². The van der Waals surface area contributed by atoms with Gasteiger partial charge in [0, 0.05) is 36.2 Å². The molecule has 0 spiro atoms. The predicted octanol–water partition coefficient (Wildman–Crippen LogP) is 0.567. The molecule has 0 fully saturated rings. The molecule has 2 heterocycles. The average molecular weight is 344 g/mol. The van der Waals surface area contributed by atoms with E-state index in [4.69, 9.17) is 5.73 Å². The fourth-order valence-electron chi connectivity index (χ4n) is 2.57.